The zero-order valence-corrected chi connectivity index (χ0v) is 19.5. The molecule has 0 saturated heterocycles. The molecule has 0 aliphatic carbocycles. The molecule has 3 aromatic carbocycles. The van der Waals surface area contributed by atoms with E-state index in [4.69, 9.17) is 21.4 Å². The van der Waals surface area contributed by atoms with E-state index in [1.165, 1.54) is 17.8 Å². The lowest BCUT2D eigenvalue weighted by Crippen LogP contribution is -2.49. The van der Waals surface area contributed by atoms with E-state index < -0.39 is 11.5 Å². The largest absolute Gasteiger partial charge is 0.355 e. The zero-order valence-electron chi connectivity index (χ0n) is 16.3. The van der Waals surface area contributed by atoms with Crippen LogP contribution in [-0.4, -0.2) is 28.6 Å². The Morgan fingerprint density at radius 1 is 1.10 bits per heavy atom. The summed E-state index contributed by atoms with van der Waals surface area (Å²) in [6.45, 7) is 0.400. The third-order valence-corrected chi connectivity index (χ3v) is 6.79. The summed E-state index contributed by atoms with van der Waals surface area (Å²) in [6, 6.07) is 19.8. The van der Waals surface area contributed by atoms with Crippen molar-refractivity contribution >= 4 is 55.9 Å². The van der Waals surface area contributed by atoms with Crippen LogP contribution in [0.4, 0.5) is 10.1 Å². The Hall–Kier alpha value is -2.35. The number of hydrogen-bond donors (Lipinski definition) is 0. The van der Waals surface area contributed by atoms with Gasteiger partial charge in [0.25, 0.3) is 5.72 Å². The first-order valence-electron chi connectivity index (χ1n) is 9.49. The van der Waals surface area contributed by atoms with Crippen molar-refractivity contribution in [2.75, 3.05) is 12.8 Å². The number of halogens is 3. The predicted octanol–water partition coefficient (Wildman–Crippen LogP) is 6.54. The van der Waals surface area contributed by atoms with Gasteiger partial charge < -0.3 is 4.84 Å². The highest BCUT2D eigenvalue weighted by Gasteiger charge is 2.53. The van der Waals surface area contributed by atoms with E-state index in [0.717, 1.165) is 15.1 Å². The van der Waals surface area contributed by atoms with Crippen LogP contribution in [0.25, 0.3) is 0 Å². The van der Waals surface area contributed by atoms with Gasteiger partial charge in [-0.3, -0.25) is 4.90 Å². The third kappa shape index (κ3) is 3.35. The molecule has 0 N–H and O–H groups in total. The molecule has 0 fully saturated rings. The third-order valence-electron chi connectivity index (χ3n) is 5.34. The molecule has 4 nitrogen and oxygen atoms in total. The van der Waals surface area contributed by atoms with Crippen LogP contribution in [0.5, 0.6) is 0 Å². The average Bonchev–Trinajstić information content (AvgIpc) is 3.08. The van der Waals surface area contributed by atoms with Crippen molar-refractivity contribution in [1.29, 1.82) is 0 Å². The number of fused-ring (bicyclic) bond motifs is 3. The van der Waals surface area contributed by atoms with Gasteiger partial charge >= 0.3 is 0 Å². The molecule has 156 valence electrons. The maximum absolute atomic E-state index is 15.3. The molecule has 3 aromatic rings. The van der Waals surface area contributed by atoms with E-state index in [-0.39, 0.29) is 0 Å². The summed E-state index contributed by atoms with van der Waals surface area (Å²) in [6.07, 6.45) is 1.97. The second kappa shape index (κ2) is 7.97. The lowest BCUT2D eigenvalue weighted by Gasteiger charge is -2.37. The number of hydrogen-bond acceptors (Lipinski definition) is 5. The smallest absolute Gasteiger partial charge is 0.268 e. The van der Waals surface area contributed by atoms with Crippen LogP contribution in [0, 0.1) is 5.82 Å². The number of benzene rings is 3. The van der Waals surface area contributed by atoms with Gasteiger partial charge in [0.05, 0.1) is 28.4 Å². The first kappa shape index (κ1) is 20.5. The Morgan fingerprint density at radius 2 is 1.87 bits per heavy atom. The van der Waals surface area contributed by atoms with Crippen molar-refractivity contribution in [1.82, 2.24) is 4.90 Å². The first-order valence-corrected chi connectivity index (χ1v) is 11.9. The Morgan fingerprint density at radius 3 is 2.61 bits per heavy atom. The van der Waals surface area contributed by atoms with E-state index in [1.807, 2.05) is 41.5 Å². The molecule has 2 aliphatic heterocycles. The van der Waals surface area contributed by atoms with Crippen molar-refractivity contribution in [2.24, 2.45) is 10.1 Å². The highest BCUT2D eigenvalue weighted by atomic mass is 79.9. The molecule has 1 unspecified atom stereocenters. The van der Waals surface area contributed by atoms with E-state index in [1.54, 1.807) is 30.3 Å². The van der Waals surface area contributed by atoms with Crippen molar-refractivity contribution < 1.29 is 9.23 Å². The fourth-order valence-electron chi connectivity index (χ4n) is 3.91. The Labute approximate surface area is 196 Å². The van der Waals surface area contributed by atoms with Gasteiger partial charge in [0.15, 0.2) is 5.84 Å². The maximum Gasteiger partial charge on any atom is 0.268 e. The molecule has 8 heteroatoms. The molecule has 2 aliphatic rings. The molecule has 0 saturated carbocycles. The summed E-state index contributed by atoms with van der Waals surface area (Å²) in [5.74, 6) is 0.212. The summed E-state index contributed by atoms with van der Waals surface area (Å²) in [5, 5.41) is 5.83. The standard InChI is InChI=1S/C23H16BrClFN3OS/c1-31-21-13-29-22(14-6-8-15(24)9-7-14)28-30-23(29,17-4-2-3-5-19(17)26)18-12-16(25)10-11-20(18)27-21/h2-12H,13H2,1H3. The van der Waals surface area contributed by atoms with Gasteiger partial charge in [0.1, 0.15) is 5.82 Å². The van der Waals surface area contributed by atoms with Gasteiger partial charge in [-0.2, -0.15) is 0 Å². The van der Waals surface area contributed by atoms with Crippen LogP contribution >= 0.6 is 39.3 Å². The number of rotatable bonds is 2. The van der Waals surface area contributed by atoms with Crippen molar-refractivity contribution in [2.45, 2.75) is 5.72 Å². The zero-order chi connectivity index (χ0) is 21.6. The summed E-state index contributed by atoms with van der Waals surface area (Å²) < 4.78 is 16.2. The molecular formula is C23H16BrClFN3OS. The van der Waals surface area contributed by atoms with E-state index >= 15 is 4.39 Å². The first-order chi connectivity index (χ1) is 15.0. The molecule has 5 rings (SSSR count). The molecule has 0 bridgehead atoms. The summed E-state index contributed by atoms with van der Waals surface area (Å²) >= 11 is 11.4. The second-order valence-electron chi connectivity index (χ2n) is 7.09. The van der Waals surface area contributed by atoms with Gasteiger partial charge in [-0.1, -0.05) is 57.0 Å². The molecule has 31 heavy (non-hydrogen) atoms. The Balaban J connectivity index is 1.79. The molecular weight excluding hydrogens is 501 g/mol. The minimum absolute atomic E-state index is 0.354. The summed E-state index contributed by atoms with van der Waals surface area (Å²) in [7, 11) is 0. The van der Waals surface area contributed by atoms with Crippen LogP contribution in [0.2, 0.25) is 5.02 Å². The number of thioether (sulfide) groups is 1. The number of amidine groups is 1. The van der Waals surface area contributed by atoms with Gasteiger partial charge in [-0.15, -0.1) is 11.8 Å². The normalized spacial score (nSPS) is 19.7. The quantitative estimate of drug-likeness (QED) is 0.388. The number of nitrogens with zero attached hydrogens (tertiary/aromatic N) is 3. The van der Waals surface area contributed by atoms with E-state index in [9.17, 15) is 0 Å². The topological polar surface area (TPSA) is 37.2 Å². The van der Waals surface area contributed by atoms with Crippen LogP contribution in [0.1, 0.15) is 16.7 Å². The molecule has 1 atom stereocenters. The van der Waals surface area contributed by atoms with Crippen molar-refractivity contribution in [3.8, 4) is 0 Å². The fraction of sp³-hybridized carbons (Fsp3) is 0.130. The highest BCUT2D eigenvalue weighted by molar-refractivity contribution is 9.10. The lowest BCUT2D eigenvalue weighted by molar-refractivity contribution is -0.0669. The minimum Gasteiger partial charge on any atom is -0.355 e. The monoisotopic (exact) mass is 515 g/mol. The number of oxime groups is 1. The lowest BCUT2D eigenvalue weighted by atomic mass is 9.90. The molecule has 2 heterocycles. The highest BCUT2D eigenvalue weighted by Crippen LogP contribution is 2.49. The average molecular weight is 517 g/mol. The van der Waals surface area contributed by atoms with Crippen LogP contribution in [0.3, 0.4) is 0 Å². The molecule has 0 aromatic heterocycles. The summed E-state index contributed by atoms with van der Waals surface area (Å²) in [5.41, 5.74) is 1.19. The number of aliphatic imine (C=N–C) groups is 1. The van der Waals surface area contributed by atoms with Gasteiger partial charge in [-0.25, -0.2) is 9.38 Å². The fourth-order valence-corrected chi connectivity index (χ4v) is 4.80. The second-order valence-corrected chi connectivity index (χ2v) is 9.33. The van der Waals surface area contributed by atoms with E-state index in [2.05, 4.69) is 21.1 Å². The van der Waals surface area contributed by atoms with Crippen molar-refractivity contribution in [3.05, 3.63) is 98.7 Å². The van der Waals surface area contributed by atoms with Crippen molar-refractivity contribution in [3.63, 3.8) is 0 Å². The predicted molar refractivity (Wildman–Crippen MR) is 128 cm³/mol. The van der Waals surface area contributed by atoms with Crippen LogP contribution < -0.4 is 0 Å². The Kier molecular flexibility index (Phi) is 5.28. The summed E-state index contributed by atoms with van der Waals surface area (Å²) in [4.78, 5) is 13.0. The van der Waals surface area contributed by atoms with Crippen LogP contribution in [0.15, 0.2) is 81.4 Å². The van der Waals surface area contributed by atoms with Crippen LogP contribution in [-0.2, 0) is 10.6 Å². The molecule has 0 amide bonds. The SMILES string of the molecule is CSC1=Nc2ccc(Cl)cc2C2(c3ccccc3F)ON=C(c3ccc(Br)cc3)N2C1. The maximum atomic E-state index is 15.3. The molecule has 0 spiro atoms. The molecule has 0 radical (unpaired) electrons. The van der Waals surface area contributed by atoms with Gasteiger partial charge in [0.2, 0.25) is 0 Å². The van der Waals surface area contributed by atoms with E-state index in [0.29, 0.717) is 34.2 Å². The minimum atomic E-state index is -1.34. The Bertz CT molecular complexity index is 1230. The van der Waals surface area contributed by atoms with Gasteiger partial charge in [0, 0.05) is 15.1 Å². The van der Waals surface area contributed by atoms with Gasteiger partial charge in [-0.05, 0) is 48.7 Å².